The van der Waals surface area contributed by atoms with Crippen LogP contribution in [-0.4, -0.2) is 18.1 Å². The van der Waals surface area contributed by atoms with Crippen LogP contribution < -0.4 is 5.32 Å². The van der Waals surface area contributed by atoms with E-state index >= 15 is 0 Å². The molecule has 0 amide bonds. The summed E-state index contributed by atoms with van der Waals surface area (Å²) in [6.07, 6.45) is 0.157. The van der Waals surface area contributed by atoms with Gasteiger partial charge in [0.05, 0.1) is 24.7 Å². The molecule has 3 aromatic rings. The number of benzene rings is 2. The van der Waals surface area contributed by atoms with Gasteiger partial charge in [-0.2, -0.15) is 0 Å². The maximum Gasteiger partial charge on any atom is 0.311 e. The van der Waals surface area contributed by atoms with E-state index in [1.165, 1.54) is 12.7 Å². The molecule has 0 aliphatic rings. The Morgan fingerprint density at radius 1 is 1.13 bits per heavy atom. The SMILES string of the molecule is COC(=O)Cc1cc(Nc2cccc(C)c2)c2ccccc2n1. The molecule has 0 spiro atoms. The molecule has 0 atom stereocenters. The second kappa shape index (κ2) is 6.48. The fourth-order valence-electron chi connectivity index (χ4n) is 2.52. The molecule has 4 heteroatoms. The maximum atomic E-state index is 11.5. The van der Waals surface area contributed by atoms with Gasteiger partial charge in [-0.25, -0.2) is 0 Å². The van der Waals surface area contributed by atoms with Gasteiger partial charge in [0.1, 0.15) is 0 Å². The van der Waals surface area contributed by atoms with Crippen LogP contribution in [0.3, 0.4) is 0 Å². The highest BCUT2D eigenvalue weighted by molar-refractivity contribution is 5.93. The van der Waals surface area contributed by atoms with Gasteiger partial charge in [0, 0.05) is 16.8 Å². The largest absolute Gasteiger partial charge is 0.469 e. The molecule has 0 saturated heterocycles. The van der Waals surface area contributed by atoms with Gasteiger partial charge in [0.25, 0.3) is 0 Å². The summed E-state index contributed by atoms with van der Waals surface area (Å²) in [5, 5.41) is 4.44. The first-order chi connectivity index (χ1) is 11.2. The number of anilines is 2. The Morgan fingerprint density at radius 3 is 2.74 bits per heavy atom. The predicted molar refractivity (Wildman–Crippen MR) is 91.9 cm³/mol. The molecule has 23 heavy (non-hydrogen) atoms. The number of hydrogen-bond acceptors (Lipinski definition) is 4. The van der Waals surface area contributed by atoms with E-state index in [-0.39, 0.29) is 12.4 Å². The van der Waals surface area contributed by atoms with Gasteiger partial charge in [0.15, 0.2) is 0 Å². The van der Waals surface area contributed by atoms with Crippen LogP contribution in [0.25, 0.3) is 10.9 Å². The molecular formula is C19H18N2O2. The summed E-state index contributed by atoms with van der Waals surface area (Å²) in [5.74, 6) is -0.297. The lowest BCUT2D eigenvalue weighted by Gasteiger charge is -2.12. The highest BCUT2D eigenvalue weighted by Crippen LogP contribution is 2.27. The normalized spacial score (nSPS) is 10.5. The van der Waals surface area contributed by atoms with Crippen LogP contribution in [0.2, 0.25) is 0 Å². The van der Waals surface area contributed by atoms with Crippen LogP contribution in [0, 0.1) is 6.92 Å². The molecule has 2 aromatic carbocycles. The van der Waals surface area contributed by atoms with Crippen molar-refractivity contribution in [1.29, 1.82) is 0 Å². The minimum atomic E-state index is -0.297. The topological polar surface area (TPSA) is 51.2 Å². The molecule has 4 nitrogen and oxygen atoms in total. The molecule has 0 aliphatic carbocycles. The highest BCUT2D eigenvalue weighted by Gasteiger charge is 2.10. The number of aromatic nitrogens is 1. The third-order valence-corrected chi connectivity index (χ3v) is 3.62. The summed E-state index contributed by atoms with van der Waals surface area (Å²) in [6, 6.07) is 17.9. The summed E-state index contributed by atoms with van der Waals surface area (Å²) in [6.45, 7) is 2.05. The molecule has 0 saturated carbocycles. The molecule has 1 N–H and O–H groups in total. The van der Waals surface area contributed by atoms with E-state index < -0.39 is 0 Å². The minimum absolute atomic E-state index is 0.157. The van der Waals surface area contributed by atoms with Crippen molar-refractivity contribution in [2.45, 2.75) is 13.3 Å². The first kappa shape index (κ1) is 15.0. The van der Waals surface area contributed by atoms with Crippen LogP contribution in [0.15, 0.2) is 54.6 Å². The zero-order valence-electron chi connectivity index (χ0n) is 13.2. The second-order valence-electron chi connectivity index (χ2n) is 5.43. The Labute approximate surface area is 135 Å². The number of hydrogen-bond donors (Lipinski definition) is 1. The number of rotatable bonds is 4. The van der Waals surface area contributed by atoms with Crippen molar-refractivity contribution in [1.82, 2.24) is 4.98 Å². The Morgan fingerprint density at radius 2 is 1.96 bits per heavy atom. The lowest BCUT2D eigenvalue weighted by atomic mass is 10.1. The summed E-state index contributed by atoms with van der Waals surface area (Å²) >= 11 is 0. The van der Waals surface area contributed by atoms with Crippen molar-refractivity contribution >= 4 is 28.2 Å². The summed E-state index contributed by atoms with van der Waals surface area (Å²) in [4.78, 5) is 16.1. The van der Waals surface area contributed by atoms with Crippen molar-refractivity contribution in [3.63, 3.8) is 0 Å². The first-order valence-corrected chi connectivity index (χ1v) is 7.45. The number of methoxy groups -OCH3 is 1. The predicted octanol–water partition coefficient (Wildman–Crippen LogP) is 4.00. The van der Waals surface area contributed by atoms with Gasteiger partial charge in [-0.1, -0.05) is 30.3 Å². The summed E-state index contributed by atoms with van der Waals surface area (Å²) < 4.78 is 4.74. The fourth-order valence-corrected chi connectivity index (χ4v) is 2.52. The Bertz CT molecular complexity index is 859. The van der Waals surface area contributed by atoms with E-state index in [2.05, 4.69) is 29.4 Å². The smallest absolute Gasteiger partial charge is 0.311 e. The highest BCUT2D eigenvalue weighted by atomic mass is 16.5. The van der Waals surface area contributed by atoms with E-state index in [0.717, 1.165) is 22.3 Å². The number of nitrogens with one attached hydrogen (secondary N) is 1. The van der Waals surface area contributed by atoms with Crippen LogP contribution in [0.1, 0.15) is 11.3 Å². The number of para-hydroxylation sites is 1. The third-order valence-electron chi connectivity index (χ3n) is 3.62. The Balaban J connectivity index is 2.04. The van der Waals surface area contributed by atoms with Crippen LogP contribution in [0.5, 0.6) is 0 Å². The zero-order chi connectivity index (χ0) is 16.2. The molecule has 0 radical (unpaired) electrons. The van der Waals surface area contributed by atoms with Gasteiger partial charge in [0.2, 0.25) is 0 Å². The Hall–Kier alpha value is -2.88. The summed E-state index contributed by atoms with van der Waals surface area (Å²) in [5.41, 5.74) is 4.66. The average Bonchev–Trinajstić information content (AvgIpc) is 2.55. The quantitative estimate of drug-likeness (QED) is 0.740. The van der Waals surface area contributed by atoms with Gasteiger partial charge < -0.3 is 10.1 Å². The second-order valence-corrected chi connectivity index (χ2v) is 5.43. The average molecular weight is 306 g/mol. The third kappa shape index (κ3) is 3.48. The first-order valence-electron chi connectivity index (χ1n) is 7.45. The fraction of sp³-hybridized carbons (Fsp3) is 0.158. The molecule has 0 fully saturated rings. The van der Waals surface area contributed by atoms with E-state index in [9.17, 15) is 4.79 Å². The Kier molecular flexibility index (Phi) is 4.24. The number of ether oxygens (including phenoxy) is 1. The molecule has 0 unspecified atom stereocenters. The lowest BCUT2D eigenvalue weighted by molar-refractivity contribution is -0.139. The monoisotopic (exact) mass is 306 g/mol. The van der Waals surface area contributed by atoms with Gasteiger partial charge >= 0.3 is 5.97 Å². The number of aryl methyl sites for hydroxylation is 1. The van der Waals surface area contributed by atoms with Crippen molar-refractivity contribution in [3.8, 4) is 0 Å². The number of fused-ring (bicyclic) bond motifs is 1. The molecule has 1 aromatic heterocycles. The molecule has 0 bridgehead atoms. The van der Waals surface area contributed by atoms with Crippen molar-refractivity contribution in [3.05, 3.63) is 65.9 Å². The van der Waals surface area contributed by atoms with Gasteiger partial charge in [-0.15, -0.1) is 0 Å². The van der Waals surface area contributed by atoms with E-state index in [1.807, 2.05) is 42.5 Å². The van der Waals surface area contributed by atoms with Gasteiger partial charge in [-0.3, -0.25) is 9.78 Å². The number of carbonyl (C=O) groups excluding carboxylic acids is 1. The van der Waals surface area contributed by atoms with Crippen LogP contribution >= 0.6 is 0 Å². The van der Waals surface area contributed by atoms with Crippen molar-refractivity contribution < 1.29 is 9.53 Å². The van der Waals surface area contributed by atoms with Crippen LogP contribution in [0.4, 0.5) is 11.4 Å². The number of carbonyl (C=O) groups is 1. The zero-order valence-corrected chi connectivity index (χ0v) is 13.2. The van der Waals surface area contributed by atoms with Crippen molar-refractivity contribution in [2.75, 3.05) is 12.4 Å². The van der Waals surface area contributed by atoms with Crippen molar-refractivity contribution in [2.24, 2.45) is 0 Å². The molecular weight excluding hydrogens is 288 g/mol. The number of nitrogens with zero attached hydrogens (tertiary/aromatic N) is 1. The lowest BCUT2D eigenvalue weighted by Crippen LogP contribution is -2.07. The molecule has 116 valence electrons. The molecule has 3 rings (SSSR count). The number of esters is 1. The van der Waals surface area contributed by atoms with Gasteiger partial charge in [-0.05, 0) is 36.8 Å². The van der Waals surface area contributed by atoms with E-state index in [4.69, 9.17) is 4.74 Å². The molecule has 0 aliphatic heterocycles. The molecule has 1 heterocycles. The van der Waals surface area contributed by atoms with E-state index in [0.29, 0.717) is 5.69 Å². The maximum absolute atomic E-state index is 11.5. The van der Waals surface area contributed by atoms with Crippen LogP contribution in [-0.2, 0) is 16.0 Å². The summed E-state index contributed by atoms with van der Waals surface area (Å²) in [7, 11) is 1.38. The minimum Gasteiger partial charge on any atom is -0.469 e. The standard InChI is InChI=1S/C19H18N2O2/c1-13-6-5-7-14(10-13)20-18-11-15(12-19(22)23-2)21-17-9-4-3-8-16(17)18/h3-11H,12H2,1-2H3,(H,20,21). The number of pyridine rings is 1. The van der Waals surface area contributed by atoms with E-state index in [1.54, 1.807) is 0 Å².